The lowest BCUT2D eigenvalue weighted by Gasteiger charge is -2.36. The van der Waals surface area contributed by atoms with E-state index in [0.717, 1.165) is 18.8 Å². The van der Waals surface area contributed by atoms with Crippen LogP contribution < -0.4 is 4.74 Å². The molecule has 1 heterocycles. The van der Waals surface area contributed by atoms with Crippen LogP contribution in [0.3, 0.4) is 0 Å². The highest BCUT2D eigenvalue weighted by molar-refractivity contribution is 5.36. The lowest BCUT2D eigenvalue weighted by atomic mass is 10.1. The molecule has 0 fully saturated rings. The maximum absolute atomic E-state index is 6.16. The Bertz CT molecular complexity index is 564. The molecule has 0 N–H and O–H groups in total. The van der Waals surface area contributed by atoms with E-state index in [1.807, 2.05) is 36.4 Å². The summed E-state index contributed by atoms with van der Waals surface area (Å²) in [5, 5.41) is 0. The van der Waals surface area contributed by atoms with Crippen LogP contribution in [-0.2, 0) is 6.54 Å². The van der Waals surface area contributed by atoms with Gasteiger partial charge in [-0.2, -0.15) is 0 Å². The van der Waals surface area contributed by atoms with Gasteiger partial charge < -0.3 is 4.74 Å². The van der Waals surface area contributed by atoms with Gasteiger partial charge in [-0.05, 0) is 6.07 Å². The molecule has 1 aliphatic rings. The Kier molecular flexibility index (Phi) is 3.34. The number of hydrogen-bond donors (Lipinski definition) is 0. The van der Waals surface area contributed by atoms with Crippen LogP contribution >= 0.6 is 0 Å². The van der Waals surface area contributed by atoms with E-state index in [0.29, 0.717) is 0 Å². The largest absolute Gasteiger partial charge is 0.471 e. The number of para-hydroxylation sites is 1. The minimum Gasteiger partial charge on any atom is -0.471 e. The molecule has 1 atom stereocenters. The molecule has 0 saturated heterocycles. The first-order valence-electron chi connectivity index (χ1n) is 6.53. The topological polar surface area (TPSA) is 12.5 Å². The van der Waals surface area contributed by atoms with E-state index in [1.54, 1.807) is 0 Å². The van der Waals surface area contributed by atoms with Gasteiger partial charge in [-0.1, -0.05) is 54.6 Å². The normalized spacial score (nSPS) is 18.4. The number of benzene rings is 2. The van der Waals surface area contributed by atoms with Crippen molar-refractivity contribution in [3.63, 3.8) is 0 Å². The highest BCUT2D eigenvalue weighted by Gasteiger charge is 2.27. The third-order valence-corrected chi connectivity index (χ3v) is 3.36. The minimum absolute atomic E-state index is 0.0332. The fourth-order valence-electron chi connectivity index (χ4n) is 2.47. The first-order valence-corrected chi connectivity index (χ1v) is 6.53. The average Bonchev–Trinajstić information content (AvgIpc) is 2.48. The summed E-state index contributed by atoms with van der Waals surface area (Å²) < 4.78 is 6.16. The second-order valence-corrected chi connectivity index (χ2v) is 4.71. The fraction of sp³-hybridized carbons (Fsp3) is 0.176. The van der Waals surface area contributed by atoms with E-state index in [2.05, 4.69) is 35.7 Å². The van der Waals surface area contributed by atoms with Crippen LogP contribution in [0, 0.1) is 0 Å². The first kappa shape index (κ1) is 12.0. The van der Waals surface area contributed by atoms with Crippen molar-refractivity contribution < 1.29 is 4.74 Å². The van der Waals surface area contributed by atoms with E-state index in [4.69, 9.17) is 4.74 Å². The van der Waals surface area contributed by atoms with Gasteiger partial charge in [0.15, 0.2) is 6.23 Å². The van der Waals surface area contributed by atoms with Crippen molar-refractivity contribution in [1.29, 1.82) is 0 Å². The second-order valence-electron chi connectivity index (χ2n) is 4.71. The summed E-state index contributed by atoms with van der Waals surface area (Å²) in [5.41, 5.74) is 2.41. The van der Waals surface area contributed by atoms with Gasteiger partial charge in [-0.25, -0.2) is 0 Å². The molecule has 96 valence electrons. The van der Waals surface area contributed by atoms with Crippen molar-refractivity contribution in [2.75, 3.05) is 6.54 Å². The number of nitrogens with zero attached hydrogens (tertiary/aromatic N) is 1. The molecule has 1 unspecified atom stereocenters. The molecular weight excluding hydrogens is 234 g/mol. The molecule has 2 aromatic rings. The SMILES string of the molecule is C=CCN1Cc2ccccc2OC1c1ccccc1. The number of fused-ring (bicyclic) bond motifs is 1. The minimum atomic E-state index is -0.0332. The van der Waals surface area contributed by atoms with Gasteiger partial charge >= 0.3 is 0 Å². The average molecular weight is 251 g/mol. The van der Waals surface area contributed by atoms with E-state index < -0.39 is 0 Å². The van der Waals surface area contributed by atoms with Crippen molar-refractivity contribution in [2.45, 2.75) is 12.8 Å². The summed E-state index contributed by atoms with van der Waals surface area (Å²) in [4.78, 5) is 2.28. The monoisotopic (exact) mass is 251 g/mol. The lowest BCUT2D eigenvalue weighted by Crippen LogP contribution is -2.35. The van der Waals surface area contributed by atoms with E-state index in [9.17, 15) is 0 Å². The van der Waals surface area contributed by atoms with Crippen LogP contribution in [0.4, 0.5) is 0 Å². The van der Waals surface area contributed by atoms with Crippen molar-refractivity contribution >= 4 is 0 Å². The molecule has 2 nitrogen and oxygen atoms in total. The van der Waals surface area contributed by atoms with Gasteiger partial charge in [0.05, 0.1) is 0 Å². The molecule has 2 heteroatoms. The van der Waals surface area contributed by atoms with Gasteiger partial charge in [0, 0.05) is 24.2 Å². The molecule has 0 aliphatic carbocycles. The molecule has 0 aromatic heterocycles. The van der Waals surface area contributed by atoms with Gasteiger partial charge in [0.2, 0.25) is 0 Å². The van der Waals surface area contributed by atoms with E-state index in [-0.39, 0.29) is 6.23 Å². The lowest BCUT2D eigenvalue weighted by molar-refractivity contribution is 0.00596. The van der Waals surface area contributed by atoms with Crippen LogP contribution in [-0.4, -0.2) is 11.4 Å². The molecule has 0 spiro atoms. The summed E-state index contributed by atoms with van der Waals surface area (Å²) in [6, 6.07) is 18.6. The Morgan fingerprint density at radius 1 is 1.11 bits per heavy atom. The Labute approximate surface area is 113 Å². The molecule has 0 amide bonds. The van der Waals surface area contributed by atoms with Crippen LogP contribution in [0.2, 0.25) is 0 Å². The second kappa shape index (κ2) is 5.29. The first-order chi connectivity index (χ1) is 9.38. The van der Waals surface area contributed by atoms with Crippen LogP contribution in [0.1, 0.15) is 17.4 Å². The molecule has 1 aliphatic heterocycles. The van der Waals surface area contributed by atoms with Crippen molar-refractivity contribution in [3.8, 4) is 5.75 Å². The molecule has 0 bridgehead atoms. The third kappa shape index (κ3) is 2.40. The fourth-order valence-corrected chi connectivity index (χ4v) is 2.47. The molecular formula is C17H17NO. The number of hydrogen-bond acceptors (Lipinski definition) is 2. The predicted molar refractivity (Wildman–Crippen MR) is 76.9 cm³/mol. The van der Waals surface area contributed by atoms with Gasteiger partial charge in [0.25, 0.3) is 0 Å². The van der Waals surface area contributed by atoms with Gasteiger partial charge in [-0.15, -0.1) is 6.58 Å². The maximum Gasteiger partial charge on any atom is 0.179 e. The predicted octanol–water partition coefficient (Wildman–Crippen LogP) is 3.77. The Morgan fingerprint density at radius 2 is 1.84 bits per heavy atom. The van der Waals surface area contributed by atoms with E-state index >= 15 is 0 Å². The van der Waals surface area contributed by atoms with Crippen LogP contribution in [0.15, 0.2) is 67.3 Å². The molecule has 19 heavy (non-hydrogen) atoms. The van der Waals surface area contributed by atoms with Crippen molar-refractivity contribution in [2.24, 2.45) is 0 Å². The third-order valence-electron chi connectivity index (χ3n) is 3.36. The standard InChI is InChI=1S/C17H17NO/c1-2-12-18-13-15-10-6-7-11-16(15)19-17(18)14-8-4-3-5-9-14/h2-11,17H,1,12-13H2. The molecule has 3 rings (SSSR count). The molecule has 0 saturated carbocycles. The summed E-state index contributed by atoms with van der Waals surface area (Å²) in [7, 11) is 0. The summed E-state index contributed by atoms with van der Waals surface area (Å²) in [6.07, 6.45) is 1.89. The maximum atomic E-state index is 6.16. The highest BCUT2D eigenvalue weighted by Crippen LogP contribution is 2.34. The Hall–Kier alpha value is -2.06. The van der Waals surface area contributed by atoms with Gasteiger partial charge in [0.1, 0.15) is 5.75 Å². The Balaban J connectivity index is 1.96. The zero-order valence-electron chi connectivity index (χ0n) is 10.8. The van der Waals surface area contributed by atoms with Crippen LogP contribution in [0.25, 0.3) is 0 Å². The van der Waals surface area contributed by atoms with Crippen LogP contribution in [0.5, 0.6) is 5.75 Å². The molecule has 0 radical (unpaired) electrons. The quantitative estimate of drug-likeness (QED) is 0.770. The smallest absolute Gasteiger partial charge is 0.179 e. The van der Waals surface area contributed by atoms with Crippen molar-refractivity contribution in [1.82, 2.24) is 4.90 Å². The Morgan fingerprint density at radius 3 is 2.63 bits per heavy atom. The zero-order valence-corrected chi connectivity index (χ0v) is 10.8. The summed E-state index contributed by atoms with van der Waals surface area (Å²) in [5.74, 6) is 0.983. The zero-order chi connectivity index (χ0) is 13.1. The number of ether oxygens (including phenoxy) is 1. The highest BCUT2D eigenvalue weighted by atomic mass is 16.5. The summed E-state index contributed by atoms with van der Waals surface area (Å²) >= 11 is 0. The van der Waals surface area contributed by atoms with E-state index in [1.165, 1.54) is 11.1 Å². The summed E-state index contributed by atoms with van der Waals surface area (Å²) in [6.45, 7) is 5.55. The number of rotatable bonds is 3. The molecule has 2 aromatic carbocycles. The van der Waals surface area contributed by atoms with Gasteiger partial charge in [-0.3, -0.25) is 4.90 Å². The van der Waals surface area contributed by atoms with Crippen molar-refractivity contribution in [3.05, 3.63) is 78.4 Å².